The maximum Gasteiger partial charge on any atom is 0.416 e. The van der Waals surface area contributed by atoms with Crippen molar-refractivity contribution >= 4 is 17.5 Å². The van der Waals surface area contributed by atoms with Crippen LogP contribution in [-0.4, -0.2) is 29.8 Å². The largest absolute Gasteiger partial charge is 0.416 e. The van der Waals surface area contributed by atoms with Crippen LogP contribution in [0, 0.1) is 0 Å². The molecular formula is C10H9ClF3NO2. The fourth-order valence-corrected chi connectivity index (χ4v) is 1.13. The second kappa shape index (κ2) is 5.37. The molecule has 0 aliphatic rings. The van der Waals surface area contributed by atoms with Gasteiger partial charge in [-0.25, -0.2) is 0 Å². The number of carbonyl (C=O) groups excluding carboxylic acids is 1. The van der Waals surface area contributed by atoms with E-state index in [1.165, 1.54) is 24.3 Å². The molecule has 0 spiro atoms. The Kier molecular flexibility index (Phi) is 4.36. The molecule has 17 heavy (non-hydrogen) atoms. The zero-order chi connectivity index (χ0) is 13.1. The maximum absolute atomic E-state index is 11.9. The summed E-state index contributed by atoms with van der Waals surface area (Å²) in [5.41, 5.74) is 0.170. The van der Waals surface area contributed by atoms with E-state index in [4.69, 9.17) is 16.7 Å². The van der Waals surface area contributed by atoms with Crippen LogP contribution in [0.4, 0.5) is 13.2 Å². The van der Waals surface area contributed by atoms with E-state index in [0.29, 0.717) is 5.02 Å². The molecule has 1 rings (SSSR count). The predicted molar refractivity (Wildman–Crippen MR) is 55.8 cm³/mol. The lowest BCUT2D eigenvalue weighted by Crippen LogP contribution is -2.40. The van der Waals surface area contributed by atoms with Crippen LogP contribution < -0.4 is 5.32 Å². The average Bonchev–Trinajstić information content (AvgIpc) is 2.25. The number of carbonyl (C=O) groups is 1. The molecular weight excluding hydrogens is 259 g/mol. The van der Waals surface area contributed by atoms with Crippen molar-refractivity contribution in [2.75, 3.05) is 6.54 Å². The van der Waals surface area contributed by atoms with Gasteiger partial charge in [-0.1, -0.05) is 11.6 Å². The predicted octanol–water partition coefficient (Wildman–Crippen LogP) is 1.99. The lowest BCUT2D eigenvalue weighted by molar-refractivity contribution is -0.201. The monoisotopic (exact) mass is 267 g/mol. The summed E-state index contributed by atoms with van der Waals surface area (Å²) in [4.78, 5) is 11.4. The first kappa shape index (κ1) is 13.8. The van der Waals surface area contributed by atoms with Crippen molar-refractivity contribution in [1.29, 1.82) is 0 Å². The van der Waals surface area contributed by atoms with Gasteiger partial charge in [0.1, 0.15) is 0 Å². The normalized spacial score (nSPS) is 13.2. The fraction of sp³-hybridized carbons (Fsp3) is 0.300. The van der Waals surface area contributed by atoms with Gasteiger partial charge in [-0.3, -0.25) is 4.79 Å². The van der Waals surface area contributed by atoms with Gasteiger partial charge in [0, 0.05) is 10.6 Å². The Morgan fingerprint density at radius 2 is 1.88 bits per heavy atom. The molecule has 1 aromatic carbocycles. The van der Waals surface area contributed by atoms with Gasteiger partial charge in [-0.05, 0) is 24.3 Å². The number of alkyl halides is 3. The summed E-state index contributed by atoms with van der Waals surface area (Å²) < 4.78 is 35.8. The minimum absolute atomic E-state index is 0.170. The Balaban J connectivity index is 2.53. The van der Waals surface area contributed by atoms with Gasteiger partial charge in [-0.2, -0.15) is 13.2 Å². The highest BCUT2D eigenvalue weighted by molar-refractivity contribution is 6.30. The zero-order valence-electron chi connectivity index (χ0n) is 8.46. The molecule has 0 aromatic heterocycles. The Hall–Kier alpha value is -1.27. The first-order valence-corrected chi connectivity index (χ1v) is 4.97. The van der Waals surface area contributed by atoms with Crippen LogP contribution in [0.5, 0.6) is 0 Å². The van der Waals surface area contributed by atoms with Crippen LogP contribution in [-0.2, 0) is 0 Å². The Morgan fingerprint density at radius 1 is 1.35 bits per heavy atom. The van der Waals surface area contributed by atoms with Crippen molar-refractivity contribution in [3.63, 3.8) is 0 Å². The minimum atomic E-state index is -4.74. The summed E-state index contributed by atoms with van der Waals surface area (Å²) in [5, 5.41) is 11.1. The number of amides is 1. The van der Waals surface area contributed by atoms with E-state index in [0.717, 1.165) is 0 Å². The molecule has 0 aliphatic carbocycles. The van der Waals surface area contributed by atoms with Gasteiger partial charge >= 0.3 is 6.18 Å². The molecule has 0 saturated heterocycles. The minimum Gasteiger partial charge on any atom is -0.382 e. The van der Waals surface area contributed by atoms with E-state index < -0.39 is 24.7 Å². The van der Waals surface area contributed by atoms with Crippen molar-refractivity contribution in [2.24, 2.45) is 0 Å². The van der Waals surface area contributed by atoms with Crippen LogP contribution >= 0.6 is 11.6 Å². The van der Waals surface area contributed by atoms with Gasteiger partial charge in [0.2, 0.25) is 0 Å². The first-order valence-electron chi connectivity index (χ1n) is 4.59. The van der Waals surface area contributed by atoms with Crippen LogP contribution in [0.3, 0.4) is 0 Å². The lowest BCUT2D eigenvalue weighted by Gasteiger charge is -2.14. The number of halogens is 4. The highest BCUT2D eigenvalue weighted by Crippen LogP contribution is 2.19. The molecule has 1 atom stereocenters. The molecule has 94 valence electrons. The first-order chi connectivity index (χ1) is 7.80. The molecule has 2 N–H and O–H groups in total. The van der Waals surface area contributed by atoms with E-state index in [9.17, 15) is 18.0 Å². The van der Waals surface area contributed by atoms with Gasteiger partial charge in [-0.15, -0.1) is 0 Å². The summed E-state index contributed by atoms with van der Waals surface area (Å²) in [6.07, 6.45) is -7.31. The Bertz CT molecular complexity index is 392. The summed E-state index contributed by atoms with van der Waals surface area (Å²) in [6.45, 7) is -0.884. The quantitative estimate of drug-likeness (QED) is 0.880. The summed E-state index contributed by atoms with van der Waals surface area (Å²) in [7, 11) is 0. The Labute approximate surface area is 100 Å². The fourth-order valence-electron chi connectivity index (χ4n) is 1.01. The topological polar surface area (TPSA) is 49.3 Å². The van der Waals surface area contributed by atoms with Crippen molar-refractivity contribution in [1.82, 2.24) is 5.32 Å². The van der Waals surface area contributed by atoms with E-state index in [1.807, 2.05) is 5.32 Å². The van der Waals surface area contributed by atoms with Crippen molar-refractivity contribution < 1.29 is 23.1 Å². The number of aliphatic hydroxyl groups excluding tert-OH is 1. The second-order valence-corrected chi connectivity index (χ2v) is 3.71. The van der Waals surface area contributed by atoms with Crippen molar-refractivity contribution in [2.45, 2.75) is 12.3 Å². The van der Waals surface area contributed by atoms with Crippen LogP contribution in [0.1, 0.15) is 10.4 Å². The molecule has 0 radical (unpaired) electrons. The third kappa shape index (κ3) is 4.24. The third-order valence-corrected chi connectivity index (χ3v) is 2.19. The molecule has 1 aromatic rings. The van der Waals surface area contributed by atoms with Crippen LogP contribution in [0.25, 0.3) is 0 Å². The smallest absolute Gasteiger partial charge is 0.382 e. The number of rotatable bonds is 3. The highest BCUT2D eigenvalue weighted by Gasteiger charge is 2.38. The van der Waals surface area contributed by atoms with Gasteiger partial charge in [0.05, 0.1) is 6.54 Å². The summed E-state index contributed by atoms with van der Waals surface area (Å²) in [6, 6.07) is 5.63. The number of hydrogen-bond acceptors (Lipinski definition) is 2. The van der Waals surface area contributed by atoms with Gasteiger partial charge in [0.25, 0.3) is 5.91 Å². The number of aliphatic hydroxyl groups is 1. The molecule has 1 amide bonds. The molecule has 0 fully saturated rings. The molecule has 7 heteroatoms. The van der Waals surface area contributed by atoms with Crippen molar-refractivity contribution in [3.05, 3.63) is 34.9 Å². The third-order valence-electron chi connectivity index (χ3n) is 1.94. The van der Waals surface area contributed by atoms with E-state index in [1.54, 1.807) is 0 Å². The molecule has 0 heterocycles. The van der Waals surface area contributed by atoms with E-state index >= 15 is 0 Å². The Morgan fingerprint density at radius 3 is 2.35 bits per heavy atom. The van der Waals surface area contributed by atoms with Crippen molar-refractivity contribution in [3.8, 4) is 0 Å². The maximum atomic E-state index is 11.9. The SMILES string of the molecule is O=C(NCC(O)C(F)(F)F)c1ccc(Cl)cc1. The number of benzene rings is 1. The van der Waals surface area contributed by atoms with Crippen LogP contribution in [0.2, 0.25) is 5.02 Å². The number of hydrogen-bond donors (Lipinski definition) is 2. The standard InChI is InChI=1S/C10H9ClF3NO2/c11-7-3-1-6(2-4-7)9(17)15-5-8(16)10(12,13)14/h1-4,8,16H,5H2,(H,15,17). The lowest BCUT2D eigenvalue weighted by atomic mass is 10.2. The summed E-state index contributed by atoms with van der Waals surface area (Å²) in [5.74, 6) is -0.704. The van der Waals surface area contributed by atoms with Gasteiger partial charge < -0.3 is 10.4 Å². The molecule has 3 nitrogen and oxygen atoms in total. The molecule has 0 saturated carbocycles. The molecule has 0 aliphatic heterocycles. The highest BCUT2D eigenvalue weighted by atomic mass is 35.5. The molecule has 1 unspecified atom stereocenters. The number of nitrogens with one attached hydrogen (secondary N) is 1. The van der Waals surface area contributed by atoms with Gasteiger partial charge in [0.15, 0.2) is 6.10 Å². The van der Waals surface area contributed by atoms with Crippen LogP contribution in [0.15, 0.2) is 24.3 Å². The van der Waals surface area contributed by atoms with E-state index in [-0.39, 0.29) is 5.56 Å². The summed E-state index contributed by atoms with van der Waals surface area (Å²) >= 11 is 5.58. The second-order valence-electron chi connectivity index (χ2n) is 3.27. The average molecular weight is 268 g/mol. The zero-order valence-corrected chi connectivity index (χ0v) is 9.22. The van der Waals surface area contributed by atoms with E-state index in [2.05, 4.69) is 0 Å². The molecule has 0 bridgehead atoms.